The number of nitrogens with zero attached hydrogens (tertiary/aromatic N) is 1. The van der Waals surface area contributed by atoms with Crippen LogP contribution in [0.2, 0.25) is 0 Å². The number of carbonyl (C=O) groups excluding carboxylic acids is 3. The van der Waals surface area contributed by atoms with Gasteiger partial charge in [0.2, 0.25) is 11.8 Å². The molecule has 0 spiro atoms. The third kappa shape index (κ3) is 3.40. The van der Waals surface area contributed by atoms with E-state index in [9.17, 15) is 23.2 Å². The van der Waals surface area contributed by atoms with Crippen LogP contribution < -0.4 is 16.0 Å². The number of fused-ring (bicyclic) bond motifs is 1. The molecule has 3 N–H and O–H groups in total. The second-order valence-corrected chi connectivity index (χ2v) is 7.50. The first kappa shape index (κ1) is 18.9. The molecule has 2 atom stereocenters. The topological polar surface area (TPSA) is 90.5 Å². The van der Waals surface area contributed by atoms with Crippen molar-refractivity contribution in [3.63, 3.8) is 0 Å². The van der Waals surface area contributed by atoms with E-state index in [2.05, 4.69) is 16.0 Å². The van der Waals surface area contributed by atoms with Crippen LogP contribution in [0.15, 0.2) is 18.2 Å². The van der Waals surface area contributed by atoms with Crippen LogP contribution in [0.5, 0.6) is 0 Å². The minimum Gasteiger partial charge on any atom is -0.322 e. The molecule has 0 radical (unpaired) electrons. The highest BCUT2D eigenvalue weighted by molar-refractivity contribution is 6.05. The quantitative estimate of drug-likeness (QED) is 0.651. The van der Waals surface area contributed by atoms with Crippen molar-refractivity contribution in [1.29, 1.82) is 0 Å². The summed E-state index contributed by atoms with van der Waals surface area (Å²) in [6.45, 7) is 0.641. The highest BCUT2D eigenvalue weighted by Crippen LogP contribution is 2.30. The van der Waals surface area contributed by atoms with E-state index in [1.165, 1.54) is 4.90 Å². The van der Waals surface area contributed by atoms with E-state index in [0.717, 1.165) is 11.1 Å². The van der Waals surface area contributed by atoms with Gasteiger partial charge in [-0.3, -0.25) is 19.7 Å². The minimum atomic E-state index is -2.83. The Balaban J connectivity index is 1.50. The van der Waals surface area contributed by atoms with E-state index in [1.807, 2.05) is 6.07 Å². The van der Waals surface area contributed by atoms with Crippen LogP contribution in [0.3, 0.4) is 0 Å². The van der Waals surface area contributed by atoms with E-state index in [4.69, 9.17) is 0 Å². The summed E-state index contributed by atoms with van der Waals surface area (Å²) in [5.41, 5.74) is 2.01. The minimum absolute atomic E-state index is 0.190. The van der Waals surface area contributed by atoms with Crippen molar-refractivity contribution >= 4 is 17.7 Å². The number of rotatable bonds is 4. The van der Waals surface area contributed by atoms with Crippen molar-refractivity contribution in [3.05, 3.63) is 34.9 Å². The van der Waals surface area contributed by atoms with Crippen molar-refractivity contribution < 1.29 is 23.2 Å². The molecule has 0 bridgehead atoms. The first-order valence-electron chi connectivity index (χ1n) is 9.44. The van der Waals surface area contributed by atoms with Gasteiger partial charge in [0.15, 0.2) is 0 Å². The van der Waals surface area contributed by atoms with Crippen molar-refractivity contribution in [3.8, 4) is 0 Å². The predicted octanol–water partition coefficient (Wildman–Crippen LogP) is 0.534. The summed E-state index contributed by atoms with van der Waals surface area (Å²) < 4.78 is 28.1. The van der Waals surface area contributed by atoms with Crippen LogP contribution in [0.4, 0.5) is 8.78 Å². The molecule has 2 saturated heterocycles. The number of nitrogens with one attached hydrogen (secondary N) is 3. The molecule has 4 rings (SSSR count). The molecular weight excluding hydrogens is 370 g/mol. The molecular formula is C19H22F2N4O3. The molecule has 3 amide bonds. The summed E-state index contributed by atoms with van der Waals surface area (Å²) in [5, 5.41) is 7.91. The summed E-state index contributed by atoms with van der Waals surface area (Å²) in [7, 11) is 0. The van der Waals surface area contributed by atoms with Crippen molar-refractivity contribution in [1.82, 2.24) is 20.9 Å². The lowest BCUT2D eigenvalue weighted by atomic mass is 10.00. The van der Waals surface area contributed by atoms with Crippen LogP contribution in [0.1, 0.15) is 40.7 Å². The Morgan fingerprint density at radius 1 is 1.21 bits per heavy atom. The van der Waals surface area contributed by atoms with Crippen molar-refractivity contribution in [2.75, 3.05) is 13.1 Å². The van der Waals surface area contributed by atoms with Gasteiger partial charge in [-0.15, -0.1) is 0 Å². The van der Waals surface area contributed by atoms with E-state index >= 15 is 0 Å². The number of imide groups is 1. The fourth-order valence-electron chi connectivity index (χ4n) is 4.14. The van der Waals surface area contributed by atoms with Crippen LogP contribution in [0.25, 0.3) is 0 Å². The first-order chi connectivity index (χ1) is 13.4. The summed E-state index contributed by atoms with van der Waals surface area (Å²) >= 11 is 0. The summed E-state index contributed by atoms with van der Waals surface area (Å²) in [5.74, 6) is -3.90. The van der Waals surface area contributed by atoms with Crippen molar-refractivity contribution in [2.45, 2.75) is 50.4 Å². The zero-order valence-electron chi connectivity index (χ0n) is 15.3. The zero-order valence-corrected chi connectivity index (χ0v) is 15.3. The zero-order chi connectivity index (χ0) is 19.9. The monoisotopic (exact) mass is 392 g/mol. The molecule has 2 unspecified atom stereocenters. The van der Waals surface area contributed by atoms with Gasteiger partial charge in [-0.05, 0) is 36.6 Å². The number of hydrogen-bond donors (Lipinski definition) is 3. The smallest absolute Gasteiger partial charge is 0.275 e. The lowest BCUT2D eigenvalue weighted by molar-refractivity contribution is -0.136. The van der Waals surface area contributed by atoms with E-state index < -0.39 is 23.9 Å². The Labute approximate surface area is 160 Å². The second-order valence-electron chi connectivity index (χ2n) is 7.50. The Hall–Kier alpha value is -2.39. The molecule has 3 aliphatic heterocycles. The molecule has 1 aromatic rings. The van der Waals surface area contributed by atoms with E-state index in [0.29, 0.717) is 24.9 Å². The molecule has 3 aliphatic rings. The Bertz CT molecular complexity index is 829. The van der Waals surface area contributed by atoms with Gasteiger partial charge in [0.25, 0.3) is 11.8 Å². The molecule has 2 fully saturated rings. The molecule has 0 aliphatic carbocycles. The van der Waals surface area contributed by atoms with Gasteiger partial charge in [0.1, 0.15) is 6.04 Å². The molecule has 1 aromatic carbocycles. The van der Waals surface area contributed by atoms with E-state index in [1.54, 1.807) is 12.1 Å². The molecule has 0 saturated carbocycles. The SMILES string of the molecule is O=C1CCC(N2Cc3c(CNC4CCNCC4(F)F)cccc3C2=O)C(=O)N1. The van der Waals surface area contributed by atoms with E-state index in [-0.39, 0.29) is 37.9 Å². The van der Waals surface area contributed by atoms with Gasteiger partial charge in [-0.25, -0.2) is 8.78 Å². The van der Waals surface area contributed by atoms with Gasteiger partial charge < -0.3 is 15.5 Å². The lowest BCUT2D eigenvalue weighted by Gasteiger charge is -2.32. The lowest BCUT2D eigenvalue weighted by Crippen LogP contribution is -2.55. The average molecular weight is 392 g/mol. The Kier molecular flexibility index (Phi) is 4.88. The molecule has 28 heavy (non-hydrogen) atoms. The number of amides is 3. The number of hydrogen-bond acceptors (Lipinski definition) is 5. The fourth-order valence-corrected chi connectivity index (χ4v) is 4.14. The third-order valence-electron chi connectivity index (χ3n) is 5.70. The molecule has 3 heterocycles. The molecule has 7 nitrogen and oxygen atoms in total. The number of carbonyl (C=O) groups is 3. The predicted molar refractivity (Wildman–Crippen MR) is 95.5 cm³/mol. The largest absolute Gasteiger partial charge is 0.322 e. The molecule has 150 valence electrons. The van der Waals surface area contributed by atoms with Crippen LogP contribution in [-0.2, 0) is 22.7 Å². The third-order valence-corrected chi connectivity index (χ3v) is 5.70. The molecule has 9 heteroatoms. The van der Waals surface area contributed by atoms with Crippen LogP contribution >= 0.6 is 0 Å². The van der Waals surface area contributed by atoms with Gasteiger partial charge in [-0.1, -0.05) is 12.1 Å². The summed E-state index contributed by atoms with van der Waals surface area (Å²) in [6.07, 6.45) is 0.804. The fraction of sp³-hybridized carbons (Fsp3) is 0.526. The Morgan fingerprint density at radius 2 is 2.04 bits per heavy atom. The first-order valence-corrected chi connectivity index (χ1v) is 9.44. The Morgan fingerprint density at radius 3 is 2.79 bits per heavy atom. The molecule has 0 aromatic heterocycles. The van der Waals surface area contributed by atoms with Gasteiger partial charge >= 0.3 is 0 Å². The summed E-state index contributed by atoms with van der Waals surface area (Å²) in [6, 6.07) is 3.61. The number of alkyl halides is 2. The van der Waals surface area contributed by atoms with Crippen LogP contribution in [0, 0.1) is 0 Å². The highest BCUT2D eigenvalue weighted by atomic mass is 19.3. The maximum atomic E-state index is 14.0. The van der Waals surface area contributed by atoms with Gasteiger partial charge in [0.05, 0.1) is 12.6 Å². The van der Waals surface area contributed by atoms with Crippen LogP contribution in [-0.4, -0.2) is 53.7 Å². The van der Waals surface area contributed by atoms with Crippen molar-refractivity contribution in [2.24, 2.45) is 0 Å². The van der Waals surface area contributed by atoms with Gasteiger partial charge in [-0.2, -0.15) is 0 Å². The van der Waals surface area contributed by atoms with Gasteiger partial charge in [0, 0.05) is 25.1 Å². The normalized spacial score (nSPS) is 26.9. The number of piperidine rings is 2. The average Bonchev–Trinajstić information content (AvgIpc) is 2.98. The standard InChI is InChI=1S/C19H22F2N4O3/c20-19(21)10-22-7-6-15(19)23-8-11-2-1-3-12-13(11)9-25(18(12)28)14-4-5-16(26)24-17(14)27/h1-3,14-15,22-23H,4-10H2,(H,24,26,27). The summed E-state index contributed by atoms with van der Waals surface area (Å²) in [4.78, 5) is 37.8. The number of halogens is 2. The maximum Gasteiger partial charge on any atom is 0.275 e. The second kappa shape index (κ2) is 7.21. The highest BCUT2D eigenvalue weighted by Gasteiger charge is 2.42. The number of benzene rings is 1. The maximum absolute atomic E-state index is 14.0.